The lowest BCUT2D eigenvalue weighted by atomic mass is 10.2. The summed E-state index contributed by atoms with van der Waals surface area (Å²) in [7, 11) is -4.99. The molecule has 0 saturated carbocycles. The normalized spacial score (nSPS) is 11.2. The Hall–Kier alpha value is -5.23. The average Bonchev–Trinajstić information content (AvgIpc) is 3.21. The van der Waals surface area contributed by atoms with Crippen LogP contribution in [0.1, 0.15) is 26.7 Å². The van der Waals surface area contributed by atoms with Gasteiger partial charge in [-0.05, 0) is 59.5 Å². The van der Waals surface area contributed by atoms with Crippen molar-refractivity contribution in [1.29, 1.82) is 10.5 Å². The summed E-state index contributed by atoms with van der Waals surface area (Å²) < 4.78 is 13.6. The Bertz CT molecular complexity index is 1830. The van der Waals surface area contributed by atoms with Crippen molar-refractivity contribution in [1.82, 2.24) is 10.6 Å². The highest BCUT2D eigenvalue weighted by atomic mass is 28.4. The molecule has 5 aromatic rings. The first-order valence-electron chi connectivity index (χ1n) is 18.2. The summed E-state index contributed by atoms with van der Waals surface area (Å²) in [6.07, 6.45) is 1.81. The molecule has 0 radical (unpaired) electrons. The van der Waals surface area contributed by atoms with Gasteiger partial charge in [0.15, 0.2) is 0 Å². The van der Waals surface area contributed by atoms with E-state index in [1.165, 1.54) is 20.7 Å². The summed E-state index contributed by atoms with van der Waals surface area (Å²) in [6.45, 7) is 6.96. The topological polar surface area (TPSA) is 90.1 Å². The number of hydrogen-bond acceptors (Lipinski definition) is 6. The third kappa shape index (κ3) is 9.16. The van der Waals surface area contributed by atoms with Crippen molar-refractivity contribution in [3.8, 4) is 12.1 Å². The maximum Gasteiger partial charge on any atom is 0.255 e. The van der Waals surface area contributed by atoms with E-state index in [4.69, 9.17) is 8.85 Å². The molecular weight excluding hydrogens is 673 g/mol. The third-order valence-electron chi connectivity index (χ3n) is 9.44. The molecule has 5 aromatic carbocycles. The van der Waals surface area contributed by atoms with Crippen LogP contribution < -0.4 is 41.8 Å². The molecule has 0 heterocycles. The summed E-state index contributed by atoms with van der Waals surface area (Å²) in [4.78, 5) is 0. The van der Waals surface area contributed by atoms with Gasteiger partial charge in [-0.1, -0.05) is 146 Å². The van der Waals surface area contributed by atoms with E-state index in [0.29, 0.717) is 18.4 Å². The van der Waals surface area contributed by atoms with E-state index in [1.807, 2.05) is 36.4 Å². The van der Waals surface area contributed by atoms with E-state index in [-0.39, 0.29) is 5.57 Å². The van der Waals surface area contributed by atoms with Crippen LogP contribution in [0, 0.1) is 22.7 Å². The summed E-state index contributed by atoms with van der Waals surface area (Å²) in [6, 6.07) is 56.3. The highest BCUT2D eigenvalue weighted by molar-refractivity contribution is 6.98. The summed E-state index contributed by atoms with van der Waals surface area (Å²) in [5.41, 5.74) is 0.104. The quantitative estimate of drug-likeness (QED) is 0.102. The maximum absolute atomic E-state index is 9.43. The molecule has 6 nitrogen and oxygen atoms in total. The standard InChI is InChI=1S/C44H48N4O2Si2/c1-3-49-51(40-19-9-5-10-20-40,41-21-11-6-12-22-41)33-17-31-47-44(38-29-27-37(28-30-38)39(35-45)36-46)48-32-18-34-52(50-4-2,42-23-13-7-14-24-42)43-25-15-8-16-26-43/h5-16,19-30,47-48H,3-4,17-18,31-34H2,1-2H3. The Morgan fingerprint density at radius 2 is 0.827 bits per heavy atom. The van der Waals surface area contributed by atoms with Gasteiger partial charge in [-0.25, -0.2) is 0 Å². The van der Waals surface area contributed by atoms with Crippen molar-refractivity contribution in [2.75, 3.05) is 26.3 Å². The van der Waals surface area contributed by atoms with E-state index in [2.05, 4.69) is 146 Å². The van der Waals surface area contributed by atoms with Crippen molar-refractivity contribution >= 4 is 48.8 Å². The van der Waals surface area contributed by atoms with Crippen molar-refractivity contribution in [3.63, 3.8) is 0 Å². The summed E-state index contributed by atoms with van der Waals surface area (Å²) in [5.74, 6) is 0.924. The molecule has 0 fully saturated rings. The van der Waals surface area contributed by atoms with Crippen LogP contribution in [-0.2, 0) is 8.85 Å². The number of nitrogens with one attached hydrogen (secondary N) is 2. The molecule has 0 bridgehead atoms. The highest BCUT2D eigenvalue weighted by Gasteiger charge is 2.39. The van der Waals surface area contributed by atoms with Crippen LogP contribution in [0.3, 0.4) is 0 Å². The minimum absolute atomic E-state index is 0.104. The third-order valence-corrected chi connectivity index (χ3v) is 18.2. The molecule has 8 heteroatoms. The van der Waals surface area contributed by atoms with E-state index < -0.39 is 16.6 Å². The molecule has 5 rings (SSSR count). The van der Waals surface area contributed by atoms with Gasteiger partial charge in [-0.2, -0.15) is 10.5 Å². The lowest BCUT2D eigenvalue weighted by molar-refractivity contribution is 0.337. The van der Waals surface area contributed by atoms with Crippen molar-refractivity contribution in [2.45, 2.75) is 38.8 Å². The number of hydrogen-bond donors (Lipinski definition) is 2. The molecule has 264 valence electrons. The fourth-order valence-electron chi connectivity index (χ4n) is 7.04. The summed E-state index contributed by atoms with van der Waals surface area (Å²) >= 11 is 0. The van der Waals surface area contributed by atoms with E-state index in [1.54, 1.807) is 0 Å². The predicted octanol–water partition coefficient (Wildman–Crippen LogP) is 4.50. The highest BCUT2D eigenvalue weighted by Crippen LogP contribution is 2.17. The zero-order chi connectivity index (χ0) is 36.5. The number of benzene rings is 5. The van der Waals surface area contributed by atoms with Crippen LogP contribution in [0.15, 0.2) is 146 Å². The van der Waals surface area contributed by atoms with Gasteiger partial charge in [-0.3, -0.25) is 0 Å². The van der Waals surface area contributed by atoms with Crippen LogP contribution >= 0.6 is 0 Å². The monoisotopic (exact) mass is 720 g/mol. The zero-order valence-corrected chi connectivity index (χ0v) is 32.2. The SMILES string of the molecule is CCO[Si](CCCNC(NCCC[Si](OCC)(c1ccccc1)c1ccccc1)=c1ccc(=C(C#N)C#N)cc1)(c1ccccc1)c1ccccc1. The van der Waals surface area contributed by atoms with Gasteiger partial charge in [0, 0.05) is 36.7 Å². The lowest BCUT2D eigenvalue weighted by Crippen LogP contribution is -2.61. The Morgan fingerprint density at radius 3 is 1.13 bits per heavy atom. The Balaban J connectivity index is 1.39. The molecule has 0 saturated heterocycles. The molecule has 0 spiro atoms. The van der Waals surface area contributed by atoms with E-state index in [9.17, 15) is 10.5 Å². The fraction of sp³-hybridized carbons (Fsp3) is 0.227. The Morgan fingerprint density at radius 1 is 0.500 bits per heavy atom. The largest absolute Gasteiger partial charge is 0.408 e. The predicted molar refractivity (Wildman–Crippen MR) is 218 cm³/mol. The molecule has 0 unspecified atom stereocenters. The van der Waals surface area contributed by atoms with Gasteiger partial charge in [0.1, 0.15) is 23.5 Å². The number of rotatable bonds is 18. The first kappa shape index (κ1) is 38.0. The maximum atomic E-state index is 9.43. The molecule has 0 atom stereocenters. The van der Waals surface area contributed by atoms with Crippen molar-refractivity contribution in [2.24, 2.45) is 0 Å². The second-order valence-electron chi connectivity index (χ2n) is 12.6. The second kappa shape index (κ2) is 19.4. The van der Waals surface area contributed by atoms with Crippen LogP contribution in [0.4, 0.5) is 0 Å². The molecule has 52 heavy (non-hydrogen) atoms. The van der Waals surface area contributed by atoms with Gasteiger partial charge in [0.25, 0.3) is 16.6 Å². The van der Waals surface area contributed by atoms with Crippen LogP contribution in [-0.4, -0.2) is 42.9 Å². The van der Waals surface area contributed by atoms with Crippen molar-refractivity contribution < 1.29 is 8.85 Å². The average molecular weight is 721 g/mol. The van der Waals surface area contributed by atoms with Crippen LogP contribution in [0.5, 0.6) is 0 Å². The molecule has 0 aliphatic heterocycles. The number of nitriles is 2. The van der Waals surface area contributed by atoms with Gasteiger partial charge in [-0.15, -0.1) is 0 Å². The van der Waals surface area contributed by atoms with Gasteiger partial charge in [0.05, 0.1) is 0 Å². The molecule has 0 aliphatic carbocycles. The molecular formula is C44H48N4O2Si2. The minimum atomic E-state index is -2.50. The number of nitrogens with zero attached hydrogens (tertiary/aromatic N) is 2. The molecule has 0 amide bonds. The second-order valence-corrected chi connectivity index (χ2v) is 19.8. The molecule has 2 N–H and O–H groups in total. The first-order chi connectivity index (χ1) is 25.6. The Labute approximate surface area is 311 Å². The zero-order valence-electron chi connectivity index (χ0n) is 30.2. The molecule has 0 aromatic heterocycles. The summed E-state index contributed by atoms with van der Waals surface area (Å²) in [5, 5.41) is 33.0. The Kier molecular flexibility index (Phi) is 14.2. The lowest BCUT2D eigenvalue weighted by Gasteiger charge is -2.32. The van der Waals surface area contributed by atoms with Gasteiger partial charge in [0.2, 0.25) is 0 Å². The van der Waals surface area contributed by atoms with Crippen molar-refractivity contribution in [3.05, 3.63) is 156 Å². The fourth-order valence-corrected chi connectivity index (χ4v) is 15.1. The first-order valence-corrected chi connectivity index (χ1v) is 22.5. The minimum Gasteiger partial charge on any atom is -0.408 e. The van der Waals surface area contributed by atoms with Crippen LogP contribution in [0.25, 0.3) is 11.4 Å². The van der Waals surface area contributed by atoms with Gasteiger partial charge < -0.3 is 19.5 Å². The van der Waals surface area contributed by atoms with E-state index >= 15 is 0 Å². The molecule has 0 aliphatic rings. The van der Waals surface area contributed by atoms with Gasteiger partial charge >= 0.3 is 0 Å². The smallest absolute Gasteiger partial charge is 0.255 e. The van der Waals surface area contributed by atoms with Crippen LogP contribution in [0.2, 0.25) is 12.1 Å². The van der Waals surface area contributed by atoms with E-state index in [0.717, 1.165) is 49.1 Å².